The van der Waals surface area contributed by atoms with Crippen LogP contribution >= 0.6 is 0 Å². The van der Waals surface area contributed by atoms with Crippen molar-refractivity contribution in [3.63, 3.8) is 0 Å². The Labute approximate surface area is 121 Å². The van der Waals surface area contributed by atoms with Crippen LogP contribution < -0.4 is 0 Å². The number of hydrogen-bond acceptors (Lipinski definition) is 5. The summed E-state index contributed by atoms with van der Waals surface area (Å²) in [6, 6.07) is 0. The van der Waals surface area contributed by atoms with Crippen molar-refractivity contribution >= 4 is 16.2 Å². The topological polar surface area (TPSA) is 76.1 Å². The molecule has 0 aromatic rings. The quantitative estimate of drug-likeness (QED) is 0.600. The third kappa shape index (κ3) is 5.01. The lowest BCUT2D eigenvalue weighted by atomic mass is 10.2. The summed E-state index contributed by atoms with van der Waals surface area (Å²) in [7, 11) is -0.709. The van der Waals surface area contributed by atoms with E-state index < -0.39 is 16.2 Å². The van der Waals surface area contributed by atoms with Gasteiger partial charge in [0.1, 0.15) is 0 Å². The number of hydrogen-bond donors (Lipinski definition) is 0. The van der Waals surface area contributed by atoms with Crippen molar-refractivity contribution < 1.29 is 22.7 Å². The predicted molar refractivity (Wildman–Crippen MR) is 74.4 cm³/mol. The van der Waals surface area contributed by atoms with E-state index in [2.05, 4.69) is 4.74 Å². The van der Waals surface area contributed by atoms with Crippen LogP contribution in [0.5, 0.6) is 0 Å². The average Bonchev–Trinajstić information content (AvgIpc) is 2.47. The fourth-order valence-electron chi connectivity index (χ4n) is 2.11. The number of methoxy groups -OCH3 is 2. The van der Waals surface area contributed by atoms with Gasteiger partial charge >= 0.3 is 5.97 Å². The van der Waals surface area contributed by atoms with E-state index in [4.69, 9.17) is 4.74 Å². The Morgan fingerprint density at radius 2 is 1.80 bits per heavy atom. The van der Waals surface area contributed by atoms with E-state index in [-0.39, 0.29) is 19.5 Å². The Morgan fingerprint density at radius 1 is 1.15 bits per heavy atom. The summed E-state index contributed by atoms with van der Waals surface area (Å²) in [5.74, 6) is -0.415. The maximum Gasteiger partial charge on any atom is 0.306 e. The van der Waals surface area contributed by atoms with Gasteiger partial charge in [-0.25, -0.2) is 0 Å². The van der Waals surface area contributed by atoms with Crippen LogP contribution in [0.2, 0.25) is 0 Å². The molecule has 0 atom stereocenters. The van der Waals surface area contributed by atoms with E-state index in [9.17, 15) is 13.2 Å². The van der Waals surface area contributed by atoms with E-state index in [0.717, 1.165) is 19.3 Å². The normalized spacial score (nSPS) is 17.4. The number of esters is 1. The van der Waals surface area contributed by atoms with E-state index >= 15 is 0 Å². The highest BCUT2D eigenvalue weighted by Crippen LogP contribution is 2.16. The van der Waals surface area contributed by atoms with Gasteiger partial charge in [0.05, 0.1) is 20.1 Å². The Bertz CT molecular complexity index is 393. The molecule has 0 N–H and O–H groups in total. The number of nitrogens with zero attached hydrogens (tertiary/aromatic N) is 2. The van der Waals surface area contributed by atoms with Crippen LogP contribution in [0, 0.1) is 0 Å². The summed E-state index contributed by atoms with van der Waals surface area (Å²) < 4.78 is 37.4. The van der Waals surface area contributed by atoms with Gasteiger partial charge in [-0.05, 0) is 12.8 Å². The third-order valence-corrected chi connectivity index (χ3v) is 5.34. The molecule has 0 spiro atoms. The maximum atomic E-state index is 12.5. The summed E-state index contributed by atoms with van der Waals surface area (Å²) in [4.78, 5) is 11.2. The van der Waals surface area contributed by atoms with Crippen LogP contribution in [-0.4, -0.2) is 70.0 Å². The molecule has 118 valence electrons. The number of ether oxygens (including phenoxy) is 2. The van der Waals surface area contributed by atoms with E-state index in [1.165, 1.54) is 22.8 Å². The second kappa shape index (κ2) is 8.56. The predicted octanol–water partition coefficient (Wildman–Crippen LogP) is 0.229. The zero-order chi connectivity index (χ0) is 15.0. The number of carbonyl (C=O) groups excluding carboxylic acids is 1. The molecule has 8 heteroatoms. The Balaban J connectivity index is 2.70. The lowest BCUT2D eigenvalue weighted by molar-refractivity contribution is -0.140. The van der Waals surface area contributed by atoms with E-state index in [0.29, 0.717) is 19.7 Å². The van der Waals surface area contributed by atoms with Crippen molar-refractivity contribution in [2.75, 3.05) is 47.0 Å². The summed E-state index contributed by atoms with van der Waals surface area (Å²) in [5.41, 5.74) is 0. The van der Waals surface area contributed by atoms with Gasteiger partial charge in [0, 0.05) is 33.3 Å². The highest BCUT2D eigenvalue weighted by atomic mass is 32.2. The first-order chi connectivity index (χ1) is 9.52. The largest absolute Gasteiger partial charge is 0.469 e. The molecular weight excluding hydrogens is 284 g/mol. The molecule has 0 saturated carbocycles. The lowest BCUT2D eigenvalue weighted by Gasteiger charge is -2.31. The summed E-state index contributed by atoms with van der Waals surface area (Å²) in [5, 5.41) is 0. The van der Waals surface area contributed by atoms with Gasteiger partial charge in [-0.3, -0.25) is 4.79 Å². The molecule has 0 radical (unpaired) electrons. The maximum absolute atomic E-state index is 12.5. The fraction of sp³-hybridized carbons (Fsp3) is 0.917. The molecule has 0 aromatic heterocycles. The molecule has 20 heavy (non-hydrogen) atoms. The van der Waals surface area contributed by atoms with Gasteiger partial charge in [0.25, 0.3) is 10.2 Å². The molecule has 0 aromatic carbocycles. The van der Waals surface area contributed by atoms with Crippen molar-refractivity contribution in [2.24, 2.45) is 0 Å². The number of rotatable bonds is 8. The minimum absolute atomic E-state index is 0.0489. The van der Waals surface area contributed by atoms with Crippen LogP contribution in [0.1, 0.15) is 25.7 Å². The molecule has 1 aliphatic rings. The van der Waals surface area contributed by atoms with Crippen molar-refractivity contribution in [1.29, 1.82) is 0 Å². The van der Waals surface area contributed by atoms with Crippen molar-refractivity contribution in [2.45, 2.75) is 25.7 Å². The molecule has 0 aliphatic carbocycles. The van der Waals surface area contributed by atoms with Gasteiger partial charge in [-0.1, -0.05) is 6.42 Å². The lowest BCUT2D eigenvalue weighted by Crippen LogP contribution is -2.47. The highest BCUT2D eigenvalue weighted by Gasteiger charge is 2.30. The molecule has 0 amide bonds. The zero-order valence-electron chi connectivity index (χ0n) is 12.2. The van der Waals surface area contributed by atoms with Crippen molar-refractivity contribution in [3.8, 4) is 0 Å². The monoisotopic (exact) mass is 308 g/mol. The van der Waals surface area contributed by atoms with Crippen LogP contribution in [0.3, 0.4) is 0 Å². The number of piperidine rings is 1. The standard InChI is InChI=1S/C12H24N2O5S/c1-18-11-10-14(9-6-12(15)19-2)20(16,17)13-7-4-3-5-8-13/h3-11H2,1-2H3. The first-order valence-corrected chi connectivity index (χ1v) is 8.23. The SMILES string of the molecule is COCCN(CCC(=O)OC)S(=O)(=O)N1CCCCC1. The van der Waals surface area contributed by atoms with Crippen LogP contribution in [0.4, 0.5) is 0 Å². The Hall–Kier alpha value is -0.700. The van der Waals surface area contributed by atoms with Crippen LogP contribution in [0.15, 0.2) is 0 Å². The summed E-state index contributed by atoms with van der Waals surface area (Å²) >= 11 is 0. The molecule has 1 rings (SSSR count). The van der Waals surface area contributed by atoms with E-state index in [1.54, 1.807) is 0 Å². The van der Waals surface area contributed by atoms with Gasteiger partial charge in [-0.2, -0.15) is 17.0 Å². The minimum atomic E-state index is -3.52. The molecule has 7 nitrogen and oxygen atoms in total. The highest BCUT2D eigenvalue weighted by molar-refractivity contribution is 7.86. The van der Waals surface area contributed by atoms with Gasteiger partial charge in [-0.15, -0.1) is 0 Å². The Morgan fingerprint density at radius 3 is 2.35 bits per heavy atom. The van der Waals surface area contributed by atoms with Gasteiger partial charge in [0.2, 0.25) is 0 Å². The summed E-state index contributed by atoms with van der Waals surface area (Å²) in [6.45, 7) is 1.75. The zero-order valence-corrected chi connectivity index (χ0v) is 13.0. The van der Waals surface area contributed by atoms with Gasteiger partial charge in [0.15, 0.2) is 0 Å². The molecule has 1 heterocycles. The molecule has 1 saturated heterocycles. The Kier molecular flexibility index (Phi) is 7.42. The fourth-order valence-corrected chi connectivity index (χ4v) is 3.79. The van der Waals surface area contributed by atoms with Crippen molar-refractivity contribution in [1.82, 2.24) is 8.61 Å². The van der Waals surface area contributed by atoms with E-state index in [1.807, 2.05) is 0 Å². The molecule has 1 fully saturated rings. The summed E-state index contributed by atoms with van der Waals surface area (Å²) in [6.07, 6.45) is 2.88. The average molecular weight is 308 g/mol. The minimum Gasteiger partial charge on any atom is -0.469 e. The molecular formula is C12H24N2O5S. The van der Waals surface area contributed by atoms with Gasteiger partial charge < -0.3 is 9.47 Å². The number of carbonyl (C=O) groups is 1. The third-order valence-electron chi connectivity index (χ3n) is 3.31. The molecule has 0 bridgehead atoms. The first kappa shape index (κ1) is 17.4. The molecule has 1 aliphatic heterocycles. The smallest absolute Gasteiger partial charge is 0.306 e. The molecule has 0 unspecified atom stereocenters. The first-order valence-electron chi connectivity index (χ1n) is 6.83. The second-order valence-electron chi connectivity index (χ2n) is 4.69. The van der Waals surface area contributed by atoms with Crippen molar-refractivity contribution in [3.05, 3.63) is 0 Å². The second-order valence-corrected chi connectivity index (χ2v) is 6.61. The van der Waals surface area contributed by atoms with Crippen LogP contribution in [-0.2, 0) is 24.5 Å². The van der Waals surface area contributed by atoms with Crippen LogP contribution in [0.25, 0.3) is 0 Å².